The van der Waals surface area contributed by atoms with Crippen molar-refractivity contribution in [2.75, 3.05) is 13.2 Å². The number of hydrogen-bond acceptors (Lipinski definition) is 6. The summed E-state index contributed by atoms with van der Waals surface area (Å²) in [4.78, 5) is 24.2. The van der Waals surface area contributed by atoms with Gasteiger partial charge in [0.15, 0.2) is 0 Å². The Morgan fingerprint density at radius 1 is 1.00 bits per heavy atom. The van der Waals surface area contributed by atoms with E-state index in [-0.39, 0.29) is 24.5 Å². The van der Waals surface area contributed by atoms with Crippen LogP contribution in [0.5, 0.6) is 0 Å². The molecule has 0 amide bonds. The lowest BCUT2D eigenvalue weighted by Gasteiger charge is -2.21. The molecule has 0 radical (unpaired) electrons. The Hall–Kier alpha value is -1.93. The predicted molar refractivity (Wildman–Crippen MR) is 92.2 cm³/mol. The van der Waals surface area contributed by atoms with Crippen LogP contribution in [0, 0.1) is 5.92 Å². The van der Waals surface area contributed by atoms with Gasteiger partial charge in [-0.3, -0.25) is 9.59 Å². The second-order valence-corrected chi connectivity index (χ2v) is 7.05. The van der Waals surface area contributed by atoms with Crippen LogP contribution in [0.15, 0.2) is 35.2 Å². The summed E-state index contributed by atoms with van der Waals surface area (Å²) in [7, 11) is -3.92. The van der Waals surface area contributed by atoms with Crippen molar-refractivity contribution >= 4 is 22.0 Å². The molecule has 0 fully saturated rings. The maximum Gasteiger partial charge on any atom is 0.324 e. The van der Waals surface area contributed by atoms with Crippen molar-refractivity contribution in [3.05, 3.63) is 30.3 Å². The molecule has 1 rings (SSSR count). The van der Waals surface area contributed by atoms with Gasteiger partial charge < -0.3 is 9.47 Å². The smallest absolute Gasteiger partial charge is 0.324 e. The highest BCUT2D eigenvalue weighted by atomic mass is 32.2. The van der Waals surface area contributed by atoms with Crippen molar-refractivity contribution in [1.29, 1.82) is 0 Å². The Kier molecular flexibility index (Phi) is 8.57. The average Bonchev–Trinajstić information content (AvgIpc) is 2.59. The predicted octanol–water partition coefficient (Wildman–Crippen LogP) is 1.88. The van der Waals surface area contributed by atoms with Crippen molar-refractivity contribution in [2.45, 2.75) is 44.6 Å². The summed E-state index contributed by atoms with van der Waals surface area (Å²) in [6.45, 7) is 5.41. The van der Waals surface area contributed by atoms with E-state index < -0.39 is 33.9 Å². The lowest BCUT2D eigenvalue weighted by atomic mass is 9.98. The van der Waals surface area contributed by atoms with E-state index in [9.17, 15) is 18.0 Å². The lowest BCUT2D eigenvalue weighted by Crippen LogP contribution is -2.44. The first-order chi connectivity index (χ1) is 11.9. The van der Waals surface area contributed by atoms with E-state index in [1.54, 1.807) is 39.0 Å². The first-order valence-corrected chi connectivity index (χ1v) is 9.74. The summed E-state index contributed by atoms with van der Waals surface area (Å²) in [5.74, 6) is -1.78. The van der Waals surface area contributed by atoms with E-state index in [0.29, 0.717) is 6.42 Å². The minimum absolute atomic E-state index is 0.0275. The highest BCUT2D eigenvalue weighted by molar-refractivity contribution is 7.89. The van der Waals surface area contributed by atoms with E-state index in [2.05, 4.69) is 4.72 Å². The quantitative estimate of drug-likeness (QED) is 0.631. The molecule has 0 spiro atoms. The third-order valence-electron chi connectivity index (χ3n) is 3.55. The molecule has 0 aromatic heterocycles. The van der Waals surface area contributed by atoms with E-state index in [1.807, 2.05) is 0 Å². The van der Waals surface area contributed by atoms with Gasteiger partial charge in [-0.2, -0.15) is 4.72 Å². The van der Waals surface area contributed by atoms with Crippen LogP contribution in [0.1, 0.15) is 33.6 Å². The van der Waals surface area contributed by atoms with E-state index in [1.165, 1.54) is 12.1 Å². The van der Waals surface area contributed by atoms with Crippen molar-refractivity contribution < 1.29 is 27.5 Å². The lowest BCUT2D eigenvalue weighted by molar-refractivity contribution is -0.150. The SMILES string of the molecule is CCOC(=O)[C@@H](CC)C[C@H](NS(=O)(=O)c1ccccc1)C(=O)OCC. The third-order valence-corrected chi connectivity index (χ3v) is 5.04. The molecule has 140 valence electrons. The van der Waals surface area contributed by atoms with Gasteiger partial charge in [-0.15, -0.1) is 0 Å². The van der Waals surface area contributed by atoms with Crippen LogP contribution in [-0.4, -0.2) is 39.6 Å². The zero-order valence-electron chi connectivity index (χ0n) is 14.7. The largest absolute Gasteiger partial charge is 0.466 e. The average molecular weight is 371 g/mol. The summed E-state index contributed by atoms with van der Waals surface area (Å²) in [5, 5.41) is 0. The summed E-state index contributed by atoms with van der Waals surface area (Å²) in [5.41, 5.74) is 0. The minimum Gasteiger partial charge on any atom is -0.466 e. The molecule has 0 aliphatic carbocycles. The number of benzene rings is 1. The van der Waals surface area contributed by atoms with Crippen molar-refractivity contribution in [3.63, 3.8) is 0 Å². The maximum atomic E-state index is 12.5. The van der Waals surface area contributed by atoms with Gasteiger partial charge in [-0.1, -0.05) is 25.1 Å². The third kappa shape index (κ3) is 6.47. The molecule has 0 saturated carbocycles. The zero-order valence-corrected chi connectivity index (χ0v) is 15.5. The van der Waals surface area contributed by atoms with Crippen molar-refractivity contribution in [2.24, 2.45) is 5.92 Å². The van der Waals surface area contributed by atoms with Gasteiger partial charge >= 0.3 is 11.9 Å². The van der Waals surface area contributed by atoms with E-state index in [0.717, 1.165) is 0 Å². The van der Waals surface area contributed by atoms with Crippen molar-refractivity contribution in [1.82, 2.24) is 4.72 Å². The molecular weight excluding hydrogens is 346 g/mol. The maximum absolute atomic E-state index is 12.5. The molecule has 0 aliphatic heterocycles. The number of carbonyl (C=O) groups excluding carboxylic acids is 2. The first-order valence-electron chi connectivity index (χ1n) is 8.26. The standard InChI is InChI=1S/C17H25NO6S/c1-4-13(16(19)23-5-2)12-15(17(20)24-6-3)18-25(21,22)14-10-8-7-9-11-14/h7-11,13,15,18H,4-6,12H2,1-3H3/t13-,15-/m0/s1. The minimum atomic E-state index is -3.92. The topological polar surface area (TPSA) is 98.8 Å². The molecule has 8 heteroatoms. The van der Waals surface area contributed by atoms with Crippen LogP contribution in [0.3, 0.4) is 0 Å². The van der Waals surface area contributed by atoms with Gasteiger partial charge in [0.2, 0.25) is 10.0 Å². The highest BCUT2D eigenvalue weighted by Crippen LogP contribution is 2.17. The Bertz CT molecular complexity index is 659. The molecule has 0 aliphatic rings. The van der Waals surface area contributed by atoms with Gasteiger partial charge in [0.05, 0.1) is 24.0 Å². The molecule has 0 heterocycles. The Balaban J connectivity index is 3.00. The molecule has 1 N–H and O–H groups in total. The zero-order chi connectivity index (χ0) is 18.9. The monoisotopic (exact) mass is 371 g/mol. The Morgan fingerprint density at radius 2 is 1.56 bits per heavy atom. The van der Waals surface area contributed by atoms with Crippen LogP contribution in [0.4, 0.5) is 0 Å². The summed E-state index contributed by atoms with van der Waals surface area (Å²) in [6.07, 6.45) is 0.391. The number of ether oxygens (including phenoxy) is 2. The normalized spacial score (nSPS) is 13.7. The number of esters is 2. The second kappa shape index (κ2) is 10.1. The van der Waals surface area contributed by atoms with Crippen LogP contribution >= 0.6 is 0 Å². The number of carbonyl (C=O) groups is 2. The first kappa shape index (κ1) is 21.1. The number of rotatable bonds is 10. The van der Waals surface area contributed by atoms with Crippen LogP contribution in [0.25, 0.3) is 0 Å². The molecule has 1 aromatic rings. The molecule has 25 heavy (non-hydrogen) atoms. The van der Waals surface area contributed by atoms with Gasteiger partial charge in [0.1, 0.15) is 6.04 Å². The van der Waals surface area contributed by atoms with Crippen molar-refractivity contribution in [3.8, 4) is 0 Å². The van der Waals surface area contributed by atoms with Crippen LogP contribution < -0.4 is 4.72 Å². The van der Waals surface area contributed by atoms with Crippen LogP contribution in [0.2, 0.25) is 0 Å². The molecule has 7 nitrogen and oxygen atoms in total. The number of sulfonamides is 1. The summed E-state index contributed by atoms with van der Waals surface area (Å²) >= 11 is 0. The van der Waals surface area contributed by atoms with Crippen LogP contribution in [-0.2, 0) is 29.1 Å². The number of nitrogens with one attached hydrogen (secondary N) is 1. The van der Waals surface area contributed by atoms with Gasteiger partial charge in [0, 0.05) is 0 Å². The molecule has 1 aromatic carbocycles. The van der Waals surface area contributed by atoms with E-state index >= 15 is 0 Å². The fourth-order valence-corrected chi connectivity index (χ4v) is 3.48. The molecule has 0 unspecified atom stereocenters. The van der Waals surface area contributed by atoms with Gasteiger partial charge in [-0.05, 0) is 38.8 Å². The molecular formula is C17H25NO6S. The Labute approximate surface area is 148 Å². The van der Waals surface area contributed by atoms with Gasteiger partial charge in [0.25, 0.3) is 0 Å². The fourth-order valence-electron chi connectivity index (χ4n) is 2.26. The second-order valence-electron chi connectivity index (χ2n) is 5.33. The van der Waals surface area contributed by atoms with E-state index in [4.69, 9.17) is 9.47 Å². The number of hydrogen-bond donors (Lipinski definition) is 1. The summed E-state index contributed by atoms with van der Waals surface area (Å²) < 4.78 is 37.2. The molecule has 0 bridgehead atoms. The van der Waals surface area contributed by atoms with Gasteiger partial charge in [-0.25, -0.2) is 8.42 Å². The Morgan fingerprint density at radius 3 is 2.08 bits per heavy atom. The molecule has 2 atom stereocenters. The summed E-state index contributed by atoms with van der Waals surface area (Å²) in [6, 6.07) is 6.54. The fraction of sp³-hybridized carbons (Fsp3) is 0.529. The highest BCUT2D eigenvalue weighted by Gasteiger charge is 2.32. The molecule has 0 saturated heterocycles.